The molecule has 0 amide bonds. The van der Waals surface area contributed by atoms with Crippen molar-refractivity contribution in [1.82, 2.24) is 19.9 Å². The molecule has 11 heteroatoms. The number of methoxy groups -OCH3 is 1. The summed E-state index contributed by atoms with van der Waals surface area (Å²) in [6, 6.07) is 16.7. The van der Waals surface area contributed by atoms with Crippen LogP contribution in [-0.2, 0) is 10.0 Å². The highest BCUT2D eigenvalue weighted by Gasteiger charge is 2.32. The molecule has 0 bridgehead atoms. The lowest BCUT2D eigenvalue weighted by Crippen LogP contribution is -2.35. The van der Waals surface area contributed by atoms with Gasteiger partial charge in [0.05, 0.1) is 12.0 Å². The molecule has 0 aliphatic carbocycles. The van der Waals surface area contributed by atoms with Crippen molar-refractivity contribution < 1.29 is 17.9 Å². The van der Waals surface area contributed by atoms with Crippen LogP contribution in [0.25, 0.3) is 11.6 Å². The second kappa shape index (κ2) is 10.9. The smallest absolute Gasteiger partial charge is 0.265 e. The number of aromatic nitrogens is 4. The Balaban J connectivity index is 1.96. The summed E-state index contributed by atoms with van der Waals surface area (Å²) in [6.45, 7) is 3.90. The molecule has 0 aliphatic rings. The summed E-state index contributed by atoms with van der Waals surface area (Å²) in [5.74, 6) is 0.842. The third-order valence-electron chi connectivity index (χ3n) is 4.95. The molecule has 2 aromatic heterocycles. The van der Waals surface area contributed by atoms with E-state index in [4.69, 9.17) is 21.1 Å². The predicted octanol–water partition coefficient (Wildman–Crippen LogP) is 5.24. The van der Waals surface area contributed by atoms with E-state index in [1.54, 1.807) is 48.5 Å². The molecule has 4 rings (SSSR count). The van der Waals surface area contributed by atoms with Gasteiger partial charge in [0.15, 0.2) is 28.3 Å². The lowest BCUT2D eigenvalue weighted by molar-refractivity contribution is 0.378. The minimum atomic E-state index is -4.06. The zero-order valence-electron chi connectivity index (χ0n) is 19.9. The summed E-state index contributed by atoms with van der Waals surface area (Å²) in [6.07, 6.45) is 3.07. The van der Waals surface area contributed by atoms with Gasteiger partial charge < -0.3 is 9.47 Å². The van der Waals surface area contributed by atoms with Gasteiger partial charge >= 0.3 is 0 Å². The van der Waals surface area contributed by atoms with Crippen LogP contribution in [0.2, 0.25) is 5.15 Å². The van der Waals surface area contributed by atoms with Gasteiger partial charge in [0.1, 0.15) is 0 Å². The van der Waals surface area contributed by atoms with Crippen molar-refractivity contribution in [3.05, 3.63) is 78.2 Å². The first-order chi connectivity index (χ1) is 17.3. The minimum absolute atomic E-state index is 0.0407. The average molecular weight is 526 g/mol. The van der Waals surface area contributed by atoms with E-state index in [-0.39, 0.29) is 45.7 Å². The van der Waals surface area contributed by atoms with E-state index in [1.165, 1.54) is 35.9 Å². The van der Waals surface area contributed by atoms with Gasteiger partial charge in [0.2, 0.25) is 11.6 Å². The Morgan fingerprint density at radius 1 is 0.889 bits per heavy atom. The van der Waals surface area contributed by atoms with Crippen molar-refractivity contribution >= 4 is 27.4 Å². The van der Waals surface area contributed by atoms with E-state index >= 15 is 0 Å². The number of para-hydroxylation sites is 2. The number of hydrogen-bond acceptors (Lipinski definition) is 8. The third kappa shape index (κ3) is 5.39. The Kier molecular flexibility index (Phi) is 7.66. The first kappa shape index (κ1) is 25.3. The maximum absolute atomic E-state index is 13.9. The predicted molar refractivity (Wildman–Crippen MR) is 137 cm³/mol. The molecule has 2 aromatic carbocycles. The highest BCUT2D eigenvalue weighted by atomic mass is 35.5. The molecule has 0 atom stereocenters. The number of halogens is 1. The highest BCUT2D eigenvalue weighted by molar-refractivity contribution is 7.92. The van der Waals surface area contributed by atoms with Crippen molar-refractivity contribution in [1.29, 1.82) is 0 Å². The molecule has 36 heavy (non-hydrogen) atoms. The van der Waals surface area contributed by atoms with Gasteiger partial charge in [-0.15, -0.1) is 0 Å². The zero-order valence-corrected chi connectivity index (χ0v) is 21.4. The molecule has 0 unspecified atom stereocenters. The van der Waals surface area contributed by atoms with Crippen LogP contribution in [-0.4, -0.2) is 42.0 Å². The summed E-state index contributed by atoms with van der Waals surface area (Å²) < 4.78 is 40.4. The molecule has 4 aromatic rings. The van der Waals surface area contributed by atoms with Crippen LogP contribution >= 0.6 is 11.6 Å². The summed E-state index contributed by atoms with van der Waals surface area (Å²) >= 11 is 6.61. The first-order valence-corrected chi connectivity index (χ1v) is 12.9. The lowest BCUT2D eigenvalue weighted by atomic mass is 10.2. The van der Waals surface area contributed by atoms with E-state index in [0.717, 1.165) is 0 Å². The Morgan fingerprint density at radius 2 is 1.53 bits per heavy atom. The van der Waals surface area contributed by atoms with Crippen LogP contribution in [0.5, 0.6) is 17.2 Å². The first-order valence-electron chi connectivity index (χ1n) is 11.0. The van der Waals surface area contributed by atoms with Crippen molar-refractivity contribution in [3.63, 3.8) is 0 Å². The van der Waals surface area contributed by atoms with Gasteiger partial charge in [0.25, 0.3) is 10.0 Å². The maximum Gasteiger partial charge on any atom is 0.265 e. The van der Waals surface area contributed by atoms with Crippen molar-refractivity contribution in [2.24, 2.45) is 5.92 Å². The van der Waals surface area contributed by atoms with Gasteiger partial charge in [-0.3, -0.25) is 0 Å². The highest BCUT2D eigenvalue weighted by Crippen LogP contribution is 2.42. The van der Waals surface area contributed by atoms with E-state index in [2.05, 4.69) is 19.9 Å². The SMILES string of the molecule is COc1ccccc1Oc1c(Cl)nc(-c2ncccn2)nc1N(CC(C)C)S(=O)(=O)c1ccccc1. The largest absolute Gasteiger partial charge is 0.493 e. The number of ether oxygens (including phenoxy) is 2. The second-order valence-corrected chi connectivity index (χ2v) is 10.3. The molecule has 0 N–H and O–H groups in total. The zero-order chi connectivity index (χ0) is 25.7. The minimum Gasteiger partial charge on any atom is -0.493 e. The lowest BCUT2D eigenvalue weighted by Gasteiger charge is -2.27. The van der Waals surface area contributed by atoms with Crippen molar-refractivity contribution in [2.45, 2.75) is 18.7 Å². The molecule has 2 heterocycles. The van der Waals surface area contributed by atoms with Crippen LogP contribution in [0, 0.1) is 5.92 Å². The van der Waals surface area contributed by atoms with Crippen LogP contribution in [0.4, 0.5) is 5.82 Å². The summed E-state index contributed by atoms with van der Waals surface area (Å²) in [5, 5.41) is -0.106. The molecule has 0 saturated carbocycles. The maximum atomic E-state index is 13.9. The van der Waals surface area contributed by atoms with Crippen LogP contribution in [0.15, 0.2) is 78.0 Å². The van der Waals surface area contributed by atoms with Gasteiger partial charge in [-0.25, -0.2) is 32.7 Å². The standard InChI is InChI=1S/C25H24ClN5O4S/c1-17(2)16-31(36(32,33)18-10-5-4-6-11-18)25-21(35-20-13-8-7-12-19(20)34-3)22(26)29-24(30-25)23-27-14-9-15-28-23/h4-15,17H,16H2,1-3H3. The molecule has 0 aliphatic heterocycles. The fourth-order valence-electron chi connectivity index (χ4n) is 3.35. The fourth-order valence-corrected chi connectivity index (χ4v) is 5.15. The van der Waals surface area contributed by atoms with E-state index < -0.39 is 10.0 Å². The number of hydrogen-bond donors (Lipinski definition) is 0. The quantitative estimate of drug-likeness (QED) is 0.273. The van der Waals surface area contributed by atoms with E-state index in [1.807, 2.05) is 13.8 Å². The average Bonchev–Trinajstić information content (AvgIpc) is 2.89. The van der Waals surface area contributed by atoms with Crippen LogP contribution in [0.3, 0.4) is 0 Å². The van der Waals surface area contributed by atoms with Gasteiger partial charge in [0, 0.05) is 18.9 Å². The Hall–Kier alpha value is -3.76. The van der Waals surface area contributed by atoms with Crippen LogP contribution < -0.4 is 13.8 Å². The number of rotatable bonds is 9. The summed E-state index contributed by atoms with van der Waals surface area (Å²) in [7, 11) is -2.56. The third-order valence-corrected chi connectivity index (χ3v) is 6.98. The molecule has 0 saturated heterocycles. The Bertz CT molecular complexity index is 1440. The van der Waals surface area contributed by atoms with E-state index in [0.29, 0.717) is 11.5 Å². The van der Waals surface area contributed by atoms with Gasteiger partial charge in [-0.1, -0.05) is 55.8 Å². The molecule has 186 valence electrons. The second-order valence-electron chi connectivity index (χ2n) is 8.06. The molecule has 0 fully saturated rings. The van der Waals surface area contributed by atoms with E-state index in [9.17, 15) is 8.42 Å². The number of sulfonamides is 1. The van der Waals surface area contributed by atoms with Gasteiger partial charge in [-0.2, -0.15) is 0 Å². The van der Waals surface area contributed by atoms with Crippen molar-refractivity contribution in [3.8, 4) is 28.9 Å². The number of anilines is 1. The fraction of sp³-hybridized carbons (Fsp3) is 0.200. The van der Waals surface area contributed by atoms with Crippen LogP contribution in [0.1, 0.15) is 13.8 Å². The molecule has 0 spiro atoms. The normalized spacial score (nSPS) is 11.4. The molecule has 9 nitrogen and oxygen atoms in total. The molecule has 0 radical (unpaired) electrons. The monoisotopic (exact) mass is 525 g/mol. The van der Waals surface area contributed by atoms with Gasteiger partial charge in [-0.05, 0) is 36.2 Å². The topological polar surface area (TPSA) is 107 Å². The Morgan fingerprint density at radius 3 is 2.17 bits per heavy atom. The molecular weight excluding hydrogens is 502 g/mol. The summed E-state index contributed by atoms with van der Waals surface area (Å²) in [5.41, 5.74) is 0. The number of nitrogens with zero attached hydrogens (tertiary/aromatic N) is 5. The summed E-state index contributed by atoms with van der Waals surface area (Å²) in [4.78, 5) is 17.4. The number of benzene rings is 2. The Labute approximate surface area is 214 Å². The molecular formula is C25H24ClN5O4S. The van der Waals surface area contributed by atoms with Crippen molar-refractivity contribution in [2.75, 3.05) is 18.0 Å².